The number of nitrogens with one attached hydrogen (secondary N) is 1. The largest absolute Gasteiger partial charge is 0.482 e. The molecule has 0 unspecified atom stereocenters. The van der Waals surface area contributed by atoms with Gasteiger partial charge in [0.25, 0.3) is 5.91 Å². The van der Waals surface area contributed by atoms with Gasteiger partial charge in [0.1, 0.15) is 5.75 Å². The van der Waals surface area contributed by atoms with E-state index in [0.29, 0.717) is 17.3 Å². The van der Waals surface area contributed by atoms with Crippen molar-refractivity contribution in [1.29, 1.82) is 0 Å². The average Bonchev–Trinajstić information content (AvgIpc) is 2.17. The van der Waals surface area contributed by atoms with Crippen molar-refractivity contribution in [3.63, 3.8) is 0 Å². The van der Waals surface area contributed by atoms with Gasteiger partial charge in [-0.15, -0.1) is 0 Å². The molecule has 0 spiro atoms. The summed E-state index contributed by atoms with van der Waals surface area (Å²) in [6.07, 6.45) is 0. The Morgan fingerprint density at radius 2 is 2.21 bits per heavy atom. The fourth-order valence-corrected chi connectivity index (χ4v) is 1.14. The number of benzene rings is 1. The molecule has 0 fully saturated rings. The molecule has 1 aromatic carbocycles. The van der Waals surface area contributed by atoms with Gasteiger partial charge in [0.2, 0.25) is 0 Å². The van der Waals surface area contributed by atoms with Crippen LogP contribution >= 0.6 is 11.6 Å². The molecule has 1 aromatic rings. The van der Waals surface area contributed by atoms with Crippen molar-refractivity contribution in [2.75, 3.05) is 13.2 Å². The Bertz CT molecular complexity index is 315. The lowest BCUT2D eigenvalue weighted by atomic mass is 10.3. The van der Waals surface area contributed by atoms with Crippen molar-refractivity contribution in [3.05, 3.63) is 29.3 Å². The van der Waals surface area contributed by atoms with Crippen molar-refractivity contribution in [3.8, 4) is 5.75 Å². The molecule has 0 atom stereocenters. The molecule has 1 N–H and O–H groups in total. The predicted octanol–water partition coefficient (Wildman–Crippen LogP) is 1.85. The maximum atomic E-state index is 11.0. The van der Waals surface area contributed by atoms with Crippen LogP contribution in [0.2, 0.25) is 5.02 Å². The van der Waals surface area contributed by atoms with Gasteiger partial charge in [0.15, 0.2) is 6.61 Å². The first-order valence-corrected chi connectivity index (χ1v) is 4.76. The van der Waals surface area contributed by atoms with Gasteiger partial charge in [-0.2, -0.15) is 0 Å². The van der Waals surface area contributed by atoms with E-state index in [1.165, 1.54) is 0 Å². The first kappa shape index (κ1) is 10.9. The highest BCUT2D eigenvalue weighted by atomic mass is 35.5. The number of hydrogen-bond donors (Lipinski definition) is 1. The van der Waals surface area contributed by atoms with Gasteiger partial charge >= 0.3 is 0 Å². The van der Waals surface area contributed by atoms with Crippen molar-refractivity contribution in [1.82, 2.24) is 5.32 Å². The molecule has 0 aliphatic rings. The molecule has 0 aliphatic carbocycles. The van der Waals surface area contributed by atoms with Crippen LogP contribution in [0.25, 0.3) is 0 Å². The van der Waals surface area contributed by atoms with Crippen LogP contribution in [0.5, 0.6) is 5.75 Å². The van der Waals surface area contributed by atoms with Gasteiger partial charge in [0, 0.05) is 6.54 Å². The number of likely N-dealkylation sites (N-methyl/N-ethyl adjacent to an activating group) is 1. The number of amides is 1. The van der Waals surface area contributed by atoms with Crippen molar-refractivity contribution < 1.29 is 9.53 Å². The van der Waals surface area contributed by atoms with Crippen LogP contribution in [0, 0.1) is 0 Å². The fourth-order valence-electron chi connectivity index (χ4n) is 0.953. The Balaban J connectivity index is 2.46. The second-order valence-corrected chi connectivity index (χ2v) is 3.08. The molecule has 1 amide bonds. The third kappa shape index (κ3) is 3.26. The van der Waals surface area contributed by atoms with Crippen LogP contribution in [0.4, 0.5) is 0 Å². The summed E-state index contributed by atoms with van der Waals surface area (Å²) in [4.78, 5) is 11.0. The summed E-state index contributed by atoms with van der Waals surface area (Å²) in [6, 6.07) is 7.05. The summed E-state index contributed by atoms with van der Waals surface area (Å²) in [5, 5.41) is 3.14. The zero-order valence-corrected chi connectivity index (χ0v) is 8.67. The molecule has 0 aliphatic heterocycles. The predicted molar refractivity (Wildman–Crippen MR) is 55.6 cm³/mol. The van der Waals surface area contributed by atoms with Crippen LogP contribution < -0.4 is 10.1 Å². The second kappa shape index (κ2) is 5.50. The monoisotopic (exact) mass is 213 g/mol. The lowest BCUT2D eigenvalue weighted by molar-refractivity contribution is -0.122. The first-order valence-electron chi connectivity index (χ1n) is 4.38. The Morgan fingerprint density at radius 3 is 2.86 bits per heavy atom. The Hall–Kier alpha value is -1.22. The van der Waals surface area contributed by atoms with Gasteiger partial charge in [-0.1, -0.05) is 23.7 Å². The van der Waals surface area contributed by atoms with Gasteiger partial charge < -0.3 is 10.1 Å². The van der Waals surface area contributed by atoms with Crippen molar-refractivity contribution in [2.45, 2.75) is 6.92 Å². The normalized spacial score (nSPS) is 9.57. The van der Waals surface area contributed by atoms with E-state index in [2.05, 4.69) is 5.32 Å². The van der Waals surface area contributed by atoms with E-state index in [-0.39, 0.29) is 12.5 Å². The van der Waals surface area contributed by atoms with E-state index >= 15 is 0 Å². The van der Waals surface area contributed by atoms with Crippen LogP contribution in [0.15, 0.2) is 24.3 Å². The summed E-state index contributed by atoms with van der Waals surface area (Å²) in [6.45, 7) is 2.45. The topological polar surface area (TPSA) is 38.3 Å². The molecule has 76 valence electrons. The highest BCUT2D eigenvalue weighted by Crippen LogP contribution is 2.22. The summed E-state index contributed by atoms with van der Waals surface area (Å²) >= 11 is 5.83. The summed E-state index contributed by atoms with van der Waals surface area (Å²) in [5.74, 6) is 0.382. The van der Waals surface area contributed by atoms with Gasteiger partial charge in [-0.25, -0.2) is 0 Å². The van der Waals surface area contributed by atoms with Crippen molar-refractivity contribution >= 4 is 17.5 Å². The minimum Gasteiger partial charge on any atom is -0.482 e. The third-order valence-corrected chi connectivity index (χ3v) is 1.88. The number of rotatable bonds is 4. The highest BCUT2D eigenvalue weighted by molar-refractivity contribution is 6.32. The van der Waals surface area contributed by atoms with Gasteiger partial charge in [-0.3, -0.25) is 4.79 Å². The van der Waals surface area contributed by atoms with Crippen LogP contribution in [-0.2, 0) is 4.79 Å². The summed E-state index contributed by atoms with van der Waals surface area (Å²) < 4.78 is 5.21. The van der Waals surface area contributed by atoms with Crippen LogP contribution in [-0.4, -0.2) is 19.1 Å². The molecule has 0 bridgehead atoms. The molecule has 1 rings (SSSR count). The zero-order chi connectivity index (χ0) is 10.4. The lowest BCUT2D eigenvalue weighted by Crippen LogP contribution is -2.28. The molecule has 3 nitrogen and oxygen atoms in total. The molecule has 4 heteroatoms. The summed E-state index contributed by atoms with van der Waals surface area (Å²) in [7, 11) is 0. The molecule has 0 saturated heterocycles. The van der Waals surface area contributed by atoms with Crippen LogP contribution in [0.3, 0.4) is 0 Å². The average molecular weight is 214 g/mol. The van der Waals surface area contributed by atoms with E-state index in [1.54, 1.807) is 24.3 Å². The standard InChI is InChI=1S/C10H12ClNO2/c1-2-12-10(13)7-14-9-6-4-3-5-8(9)11/h3-6H,2,7H2,1H3,(H,12,13). The highest BCUT2D eigenvalue weighted by Gasteiger charge is 2.03. The smallest absolute Gasteiger partial charge is 0.257 e. The maximum Gasteiger partial charge on any atom is 0.257 e. The summed E-state index contributed by atoms with van der Waals surface area (Å²) in [5.41, 5.74) is 0. The molecular formula is C10H12ClNO2. The van der Waals surface area contributed by atoms with Crippen LogP contribution in [0.1, 0.15) is 6.92 Å². The Labute approximate surface area is 88.0 Å². The second-order valence-electron chi connectivity index (χ2n) is 2.67. The Kier molecular flexibility index (Phi) is 4.26. The maximum absolute atomic E-state index is 11.0. The first-order chi connectivity index (χ1) is 6.74. The quantitative estimate of drug-likeness (QED) is 0.829. The van der Waals surface area contributed by atoms with Gasteiger partial charge in [-0.05, 0) is 19.1 Å². The number of para-hydroxylation sites is 1. The minimum atomic E-state index is -0.146. The zero-order valence-electron chi connectivity index (χ0n) is 7.92. The number of halogens is 1. The van der Waals surface area contributed by atoms with Gasteiger partial charge in [0.05, 0.1) is 5.02 Å². The number of hydrogen-bond acceptors (Lipinski definition) is 2. The van der Waals surface area contributed by atoms with Crippen molar-refractivity contribution in [2.24, 2.45) is 0 Å². The number of ether oxygens (including phenoxy) is 1. The van der Waals surface area contributed by atoms with E-state index in [1.807, 2.05) is 6.92 Å². The van der Waals surface area contributed by atoms with E-state index in [0.717, 1.165) is 0 Å². The van der Waals surface area contributed by atoms with E-state index in [4.69, 9.17) is 16.3 Å². The Morgan fingerprint density at radius 1 is 1.50 bits per heavy atom. The number of carbonyl (C=O) groups excluding carboxylic acids is 1. The molecule has 14 heavy (non-hydrogen) atoms. The minimum absolute atomic E-state index is 0.00241. The molecule has 0 saturated carbocycles. The fraction of sp³-hybridized carbons (Fsp3) is 0.300. The van der Waals surface area contributed by atoms with E-state index in [9.17, 15) is 4.79 Å². The molecular weight excluding hydrogens is 202 g/mol. The SMILES string of the molecule is CCNC(=O)COc1ccccc1Cl. The molecule has 0 heterocycles. The molecule has 0 aromatic heterocycles. The van der Waals surface area contributed by atoms with E-state index < -0.39 is 0 Å². The molecule has 0 radical (unpaired) electrons. The third-order valence-electron chi connectivity index (χ3n) is 1.57. The lowest BCUT2D eigenvalue weighted by Gasteiger charge is -2.06. The number of carbonyl (C=O) groups is 1.